The molecule has 2 aromatic rings. The van der Waals surface area contributed by atoms with Crippen molar-refractivity contribution < 1.29 is 4.79 Å². The molecule has 19 heavy (non-hydrogen) atoms. The molecule has 4 heteroatoms. The van der Waals surface area contributed by atoms with Crippen LogP contribution in [0, 0.1) is 6.92 Å². The van der Waals surface area contributed by atoms with Gasteiger partial charge in [-0.25, -0.2) is 4.98 Å². The van der Waals surface area contributed by atoms with Gasteiger partial charge in [0.2, 0.25) is 5.91 Å². The van der Waals surface area contributed by atoms with Crippen molar-refractivity contribution in [3.05, 3.63) is 58.3 Å². The standard InChI is InChI=1S/C15H15BrN2O/c1-11-4-2-3-5-12(11)6-9-15(19)18-13-7-8-14(16)17-10-13/h2-5,7-8,10H,6,9H2,1H3,(H,18,19). The minimum atomic E-state index is 0.00683. The van der Waals surface area contributed by atoms with Crippen LogP contribution in [-0.4, -0.2) is 10.9 Å². The van der Waals surface area contributed by atoms with Gasteiger partial charge < -0.3 is 5.32 Å². The summed E-state index contributed by atoms with van der Waals surface area (Å²) >= 11 is 3.26. The molecule has 0 saturated carbocycles. The number of halogens is 1. The van der Waals surface area contributed by atoms with Crippen LogP contribution in [0.25, 0.3) is 0 Å². The lowest BCUT2D eigenvalue weighted by molar-refractivity contribution is -0.116. The van der Waals surface area contributed by atoms with Crippen LogP contribution < -0.4 is 5.32 Å². The predicted molar refractivity (Wildman–Crippen MR) is 80.1 cm³/mol. The van der Waals surface area contributed by atoms with E-state index in [9.17, 15) is 4.79 Å². The Morgan fingerprint density at radius 3 is 2.74 bits per heavy atom. The number of benzene rings is 1. The van der Waals surface area contributed by atoms with Gasteiger partial charge in [0.1, 0.15) is 4.60 Å². The Labute approximate surface area is 121 Å². The van der Waals surface area contributed by atoms with Crippen LogP contribution in [0.2, 0.25) is 0 Å². The molecule has 0 spiro atoms. The smallest absolute Gasteiger partial charge is 0.224 e. The molecular formula is C15H15BrN2O. The zero-order valence-electron chi connectivity index (χ0n) is 10.7. The van der Waals surface area contributed by atoms with E-state index < -0.39 is 0 Å². The highest BCUT2D eigenvalue weighted by molar-refractivity contribution is 9.10. The van der Waals surface area contributed by atoms with E-state index in [2.05, 4.69) is 45.3 Å². The number of carbonyl (C=O) groups is 1. The summed E-state index contributed by atoms with van der Waals surface area (Å²) in [6.45, 7) is 2.06. The van der Waals surface area contributed by atoms with E-state index in [4.69, 9.17) is 0 Å². The Bertz CT molecular complexity index is 567. The van der Waals surface area contributed by atoms with E-state index in [1.807, 2.05) is 18.2 Å². The van der Waals surface area contributed by atoms with Gasteiger partial charge in [-0.1, -0.05) is 24.3 Å². The maximum Gasteiger partial charge on any atom is 0.224 e. The third-order valence-corrected chi connectivity index (χ3v) is 3.36. The van der Waals surface area contributed by atoms with Crippen molar-refractivity contribution in [2.45, 2.75) is 19.8 Å². The zero-order chi connectivity index (χ0) is 13.7. The fourth-order valence-corrected chi connectivity index (χ4v) is 2.05. The maximum atomic E-state index is 11.8. The molecule has 1 N–H and O–H groups in total. The largest absolute Gasteiger partial charge is 0.325 e. The highest BCUT2D eigenvalue weighted by atomic mass is 79.9. The molecule has 2 rings (SSSR count). The third kappa shape index (κ3) is 4.17. The average molecular weight is 319 g/mol. The quantitative estimate of drug-likeness (QED) is 0.873. The molecule has 3 nitrogen and oxygen atoms in total. The number of amides is 1. The number of hydrogen-bond acceptors (Lipinski definition) is 2. The molecule has 0 fully saturated rings. The lowest BCUT2D eigenvalue weighted by Gasteiger charge is -2.06. The number of nitrogens with one attached hydrogen (secondary N) is 1. The lowest BCUT2D eigenvalue weighted by atomic mass is 10.0. The molecule has 0 atom stereocenters. The molecule has 0 saturated heterocycles. The van der Waals surface area contributed by atoms with Crippen molar-refractivity contribution in [1.82, 2.24) is 4.98 Å². The first-order valence-electron chi connectivity index (χ1n) is 6.11. The van der Waals surface area contributed by atoms with Gasteiger partial charge in [0.15, 0.2) is 0 Å². The van der Waals surface area contributed by atoms with Crippen molar-refractivity contribution in [2.75, 3.05) is 5.32 Å². The Morgan fingerprint density at radius 2 is 2.05 bits per heavy atom. The summed E-state index contributed by atoms with van der Waals surface area (Å²) < 4.78 is 0.755. The van der Waals surface area contributed by atoms with Gasteiger partial charge in [0.05, 0.1) is 11.9 Å². The lowest BCUT2D eigenvalue weighted by Crippen LogP contribution is -2.12. The average Bonchev–Trinajstić information content (AvgIpc) is 2.40. The fourth-order valence-electron chi connectivity index (χ4n) is 1.81. The Hall–Kier alpha value is -1.68. The van der Waals surface area contributed by atoms with Gasteiger partial charge in [0, 0.05) is 6.42 Å². The number of hydrogen-bond donors (Lipinski definition) is 1. The third-order valence-electron chi connectivity index (χ3n) is 2.89. The van der Waals surface area contributed by atoms with E-state index in [0.717, 1.165) is 16.7 Å². The van der Waals surface area contributed by atoms with E-state index in [-0.39, 0.29) is 5.91 Å². The van der Waals surface area contributed by atoms with E-state index in [1.54, 1.807) is 12.3 Å². The number of pyridine rings is 1. The van der Waals surface area contributed by atoms with E-state index >= 15 is 0 Å². The van der Waals surface area contributed by atoms with Gasteiger partial charge in [-0.15, -0.1) is 0 Å². The summed E-state index contributed by atoms with van der Waals surface area (Å²) in [7, 11) is 0. The first-order valence-corrected chi connectivity index (χ1v) is 6.90. The molecule has 1 amide bonds. The van der Waals surface area contributed by atoms with Crippen molar-refractivity contribution >= 4 is 27.5 Å². The molecular weight excluding hydrogens is 304 g/mol. The van der Waals surface area contributed by atoms with Crippen molar-refractivity contribution in [3.8, 4) is 0 Å². The number of aromatic nitrogens is 1. The summed E-state index contributed by atoms with van der Waals surface area (Å²) in [4.78, 5) is 15.9. The molecule has 1 heterocycles. The first-order chi connectivity index (χ1) is 9.15. The summed E-state index contributed by atoms with van der Waals surface area (Å²) in [6.07, 6.45) is 2.86. The normalized spacial score (nSPS) is 10.2. The van der Waals surface area contributed by atoms with Gasteiger partial charge >= 0.3 is 0 Å². The number of carbonyl (C=O) groups excluding carboxylic acids is 1. The summed E-state index contributed by atoms with van der Waals surface area (Å²) in [5.74, 6) is 0.00683. The van der Waals surface area contributed by atoms with Gasteiger partial charge in [0.25, 0.3) is 0 Å². The minimum Gasteiger partial charge on any atom is -0.325 e. The summed E-state index contributed by atoms with van der Waals surface area (Å²) in [6, 6.07) is 11.8. The van der Waals surface area contributed by atoms with Crippen LogP contribution in [0.4, 0.5) is 5.69 Å². The SMILES string of the molecule is Cc1ccccc1CCC(=O)Nc1ccc(Br)nc1. The summed E-state index contributed by atoms with van der Waals surface area (Å²) in [5, 5.41) is 2.84. The molecule has 0 radical (unpaired) electrons. The highest BCUT2D eigenvalue weighted by Gasteiger charge is 2.04. The molecule has 0 unspecified atom stereocenters. The van der Waals surface area contributed by atoms with Crippen molar-refractivity contribution in [1.29, 1.82) is 0 Å². The van der Waals surface area contributed by atoms with E-state index in [1.165, 1.54) is 11.1 Å². The van der Waals surface area contributed by atoms with Crippen LogP contribution >= 0.6 is 15.9 Å². The second kappa shape index (κ2) is 6.48. The minimum absolute atomic E-state index is 0.00683. The Morgan fingerprint density at radius 1 is 1.26 bits per heavy atom. The molecule has 1 aromatic carbocycles. The number of nitrogens with zero attached hydrogens (tertiary/aromatic N) is 1. The zero-order valence-corrected chi connectivity index (χ0v) is 12.3. The second-order valence-electron chi connectivity index (χ2n) is 4.34. The van der Waals surface area contributed by atoms with Gasteiger partial charge in [-0.05, 0) is 52.5 Å². The molecule has 0 aliphatic heterocycles. The number of rotatable bonds is 4. The monoisotopic (exact) mass is 318 g/mol. The predicted octanol–water partition coefficient (Wildman–Crippen LogP) is 3.72. The molecule has 0 aliphatic carbocycles. The van der Waals surface area contributed by atoms with Crippen molar-refractivity contribution in [3.63, 3.8) is 0 Å². The first kappa shape index (κ1) is 13.7. The van der Waals surface area contributed by atoms with Crippen LogP contribution in [0.5, 0.6) is 0 Å². The summed E-state index contributed by atoms with van der Waals surface area (Å²) in [5.41, 5.74) is 3.16. The molecule has 0 aliphatic rings. The van der Waals surface area contributed by atoms with Crippen LogP contribution in [0.15, 0.2) is 47.2 Å². The molecule has 0 bridgehead atoms. The number of anilines is 1. The fraction of sp³-hybridized carbons (Fsp3) is 0.200. The Balaban J connectivity index is 1.88. The number of aryl methyl sites for hydroxylation is 2. The van der Waals surface area contributed by atoms with Gasteiger partial charge in [-0.3, -0.25) is 4.79 Å². The van der Waals surface area contributed by atoms with Crippen LogP contribution in [0.3, 0.4) is 0 Å². The second-order valence-corrected chi connectivity index (χ2v) is 5.16. The maximum absolute atomic E-state index is 11.8. The van der Waals surface area contributed by atoms with Crippen LogP contribution in [0.1, 0.15) is 17.5 Å². The highest BCUT2D eigenvalue weighted by Crippen LogP contribution is 2.12. The van der Waals surface area contributed by atoms with E-state index in [0.29, 0.717) is 6.42 Å². The van der Waals surface area contributed by atoms with Crippen molar-refractivity contribution in [2.24, 2.45) is 0 Å². The molecule has 1 aromatic heterocycles. The topological polar surface area (TPSA) is 42.0 Å². The van der Waals surface area contributed by atoms with Crippen LogP contribution in [-0.2, 0) is 11.2 Å². The van der Waals surface area contributed by atoms with Gasteiger partial charge in [-0.2, -0.15) is 0 Å². The molecule has 98 valence electrons. The Kier molecular flexibility index (Phi) is 4.68.